The molecule has 0 unspecified atom stereocenters. The molecule has 0 aliphatic heterocycles. The van der Waals surface area contributed by atoms with Crippen LogP contribution in [0.4, 0.5) is 0 Å². The molecule has 0 atom stereocenters. The first-order chi connectivity index (χ1) is 14.2. The van der Waals surface area contributed by atoms with E-state index < -0.39 is 0 Å². The van der Waals surface area contributed by atoms with E-state index in [2.05, 4.69) is 21.4 Å². The number of nitrogens with one attached hydrogen (secondary N) is 2. The molecule has 0 spiro atoms. The second kappa shape index (κ2) is 7.61. The maximum absolute atomic E-state index is 13.2. The number of hydrogen-bond acceptors (Lipinski definition) is 4. The van der Waals surface area contributed by atoms with E-state index in [-0.39, 0.29) is 5.91 Å². The van der Waals surface area contributed by atoms with Gasteiger partial charge in [-0.2, -0.15) is 0 Å². The van der Waals surface area contributed by atoms with Crippen LogP contribution in [0.15, 0.2) is 42.0 Å². The summed E-state index contributed by atoms with van der Waals surface area (Å²) in [5.41, 5.74) is 5.65. The van der Waals surface area contributed by atoms with Gasteiger partial charge in [0.05, 0.1) is 22.3 Å². The molecule has 0 bridgehead atoms. The van der Waals surface area contributed by atoms with E-state index in [1.54, 1.807) is 17.7 Å². The zero-order valence-corrected chi connectivity index (χ0v) is 17.2. The predicted molar refractivity (Wildman–Crippen MR) is 117 cm³/mol. The summed E-state index contributed by atoms with van der Waals surface area (Å²) in [6.07, 6.45) is 5.23. The summed E-state index contributed by atoms with van der Waals surface area (Å²) in [6.45, 7) is 0.526. The Hall–Kier alpha value is -2.70. The van der Waals surface area contributed by atoms with Crippen molar-refractivity contribution < 1.29 is 4.79 Å². The van der Waals surface area contributed by atoms with E-state index in [0.717, 1.165) is 63.3 Å². The van der Waals surface area contributed by atoms with E-state index in [1.807, 2.05) is 29.6 Å². The third kappa shape index (κ3) is 3.43. The van der Waals surface area contributed by atoms with Crippen LogP contribution in [-0.4, -0.2) is 27.4 Å². The van der Waals surface area contributed by atoms with Gasteiger partial charge in [0.15, 0.2) is 0 Å². The average Bonchev–Trinajstić information content (AvgIpc) is 3.46. The number of aromatic nitrogens is 3. The van der Waals surface area contributed by atoms with Gasteiger partial charge in [-0.15, -0.1) is 11.3 Å². The van der Waals surface area contributed by atoms with E-state index in [4.69, 9.17) is 16.6 Å². The summed E-state index contributed by atoms with van der Waals surface area (Å²) in [4.78, 5) is 26.7. The summed E-state index contributed by atoms with van der Waals surface area (Å²) in [5.74, 6) is -0.0602. The molecule has 2 N–H and O–H groups in total. The van der Waals surface area contributed by atoms with Gasteiger partial charge in [-0.3, -0.25) is 9.78 Å². The van der Waals surface area contributed by atoms with Crippen LogP contribution >= 0.6 is 22.9 Å². The highest BCUT2D eigenvalue weighted by molar-refractivity contribution is 7.13. The Morgan fingerprint density at radius 1 is 1.28 bits per heavy atom. The lowest BCUT2D eigenvalue weighted by Gasteiger charge is -2.13. The molecule has 0 saturated carbocycles. The number of nitrogens with zero attached hydrogens (tertiary/aromatic N) is 2. The van der Waals surface area contributed by atoms with Gasteiger partial charge in [0.2, 0.25) is 0 Å². The maximum Gasteiger partial charge on any atom is 0.252 e. The summed E-state index contributed by atoms with van der Waals surface area (Å²) in [7, 11) is 0. The zero-order valence-electron chi connectivity index (χ0n) is 15.7. The average molecular weight is 423 g/mol. The van der Waals surface area contributed by atoms with E-state index >= 15 is 0 Å². The smallest absolute Gasteiger partial charge is 0.252 e. The van der Waals surface area contributed by atoms with Crippen LogP contribution in [0.2, 0.25) is 5.02 Å². The Kier molecular flexibility index (Phi) is 4.81. The van der Waals surface area contributed by atoms with Gasteiger partial charge < -0.3 is 10.3 Å². The lowest BCUT2D eigenvalue weighted by molar-refractivity contribution is 0.0955. The number of amides is 1. The van der Waals surface area contributed by atoms with Gasteiger partial charge >= 0.3 is 0 Å². The molecule has 5 nitrogen and oxygen atoms in total. The number of hydrogen-bond donors (Lipinski definition) is 2. The number of thiophene rings is 1. The lowest BCUT2D eigenvalue weighted by Crippen LogP contribution is -2.27. The second-order valence-electron chi connectivity index (χ2n) is 7.14. The molecule has 1 amide bonds. The predicted octanol–water partition coefficient (Wildman–Crippen LogP) is 4.80. The van der Waals surface area contributed by atoms with Crippen LogP contribution in [0, 0.1) is 0 Å². The van der Waals surface area contributed by atoms with Crippen molar-refractivity contribution in [2.24, 2.45) is 0 Å². The number of aromatic amines is 1. The number of carbonyl (C=O) groups excluding carboxylic acids is 1. The monoisotopic (exact) mass is 422 g/mol. The first kappa shape index (κ1) is 18.3. The molecule has 1 aliphatic carbocycles. The van der Waals surface area contributed by atoms with Gasteiger partial charge in [0, 0.05) is 34.8 Å². The SMILES string of the molecule is O=C(NCCc1[nH]cnc1-c1cccs1)c1c2c(nc3ccc(Cl)cc13)CCC2. The Morgan fingerprint density at radius 2 is 2.21 bits per heavy atom. The first-order valence-corrected chi connectivity index (χ1v) is 10.9. The van der Waals surface area contributed by atoms with Crippen molar-refractivity contribution in [1.29, 1.82) is 0 Å². The van der Waals surface area contributed by atoms with E-state index in [1.165, 1.54) is 0 Å². The van der Waals surface area contributed by atoms with Crippen molar-refractivity contribution in [1.82, 2.24) is 20.3 Å². The number of halogens is 1. The van der Waals surface area contributed by atoms with Crippen molar-refractivity contribution in [2.75, 3.05) is 6.54 Å². The molecule has 7 heteroatoms. The summed E-state index contributed by atoms with van der Waals surface area (Å²) >= 11 is 7.87. The molecule has 29 heavy (non-hydrogen) atoms. The third-order valence-corrected chi connectivity index (χ3v) is 6.45. The minimum atomic E-state index is -0.0602. The topological polar surface area (TPSA) is 70.7 Å². The van der Waals surface area contributed by atoms with Crippen molar-refractivity contribution in [3.63, 3.8) is 0 Å². The number of fused-ring (bicyclic) bond motifs is 2. The van der Waals surface area contributed by atoms with E-state index in [0.29, 0.717) is 18.0 Å². The fraction of sp³-hybridized carbons (Fsp3) is 0.227. The molecule has 4 aromatic rings. The van der Waals surface area contributed by atoms with Gasteiger partial charge in [-0.05, 0) is 54.5 Å². The van der Waals surface area contributed by atoms with Crippen LogP contribution < -0.4 is 5.32 Å². The Morgan fingerprint density at radius 3 is 3.07 bits per heavy atom. The number of aryl methyl sites for hydroxylation is 1. The summed E-state index contributed by atoms with van der Waals surface area (Å²) < 4.78 is 0. The number of pyridine rings is 1. The highest BCUT2D eigenvalue weighted by Crippen LogP contribution is 2.31. The molecule has 1 aliphatic rings. The van der Waals surface area contributed by atoms with Crippen LogP contribution in [-0.2, 0) is 19.3 Å². The number of imidazole rings is 1. The molecule has 0 saturated heterocycles. The molecule has 5 rings (SSSR count). The molecular formula is C22H19ClN4OS. The minimum absolute atomic E-state index is 0.0602. The number of H-pyrrole nitrogens is 1. The molecule has 3 aromatic heterocycles. The summed E-state index contributed by atoms with van der Waals surface area (Å²) in [6, 6.07) is 9.63. The van der Waals surface area contributed by atoms with E-state index in [9.17, 15) is 4.79 Å². The molecular weight excluding hydrogens is 404 g/mol. The van der Waals surface area contributed by atoms with Gasteiger partial charge in [0.25, 0.3) is 5.91 Å². The first-order valence-electron chi connectivity index (χ1n) is 9.66. The van der Waals surface area contributed by atoms with Crippen LogP contribution in [0.1, 0.15) is 33.7 Å². The van der Waals surface area contributed by atoms with Crippen LogP contribution in [0.25, 0.3) is 21.5 Å². The zero-order chi connectivity index (χ0) is 19.8. The largest absolute Gasteiger partial charge is 0.352 e. The van der Waals surface area contributed by atoms with Crippen molar-refractivity contribution >= 4 is 39.7 Å². The fourth-order valence-corrected chi connectivity index (χ4v) is 4.94. The normalized spacial score (nSPS) is 13.0. The Balaban J connectivity index is 1.39. The van der Waals surface area contributed by atoms with Crippen molar-refractivity contribution in [3.05, 3.63) is 69.6 Å². The number of carbonyl (C=O) groups is 1. The second-order valence-corrected chi connectivity index (χ2v) is 8.52. The Bertz CT molecular complexity index is 1200. The van der Waals surface area contributed by atoms with Crippen LogP contribution in [0.5, 0.6) is 0 Å². The lowest BCUT2D eigenvalue weighted by atomic mass is 10.0. The fourth-order valence-electron chi connectivity index (χ4n) is 4.02. The van der Waals surface area contributed by atoms with Gasteiger partial charge in [0.1, 0.15) is 5.69 Å². The molecule has 0 radical (unpaired) electrons. The number of rotatable bonds is 5. The van der Waals surface area contributed by atoms with Gasteiger partial charge in [-0.1, -0.05) is 17.7 Å². The van der Waals surface area contributed by atoms with Crippen LogP contribution in [0.3, 0.4) is 0 Å². The summed E-state index contributed by atoms with van der Waals surface area (Å²) in [5, 5.41) is 6.58. The Labute approximate surface area is 177 Å². The van der Waals surface area contributed by atoms with Gasteiger partial charge in [-0.25, -0.2) is 4.98 Å². The molecule has 3 heterocycles. The standard InChI is InChI=1S/C22H19ClN4OS/c23-13-6-7-17-15(11-13)20(14-3-1-4-16(14)27-17)22(28)24-9-8-18-21(26-12-25-18)19-5-2-10-29-19/h2,5-7,10-12H,1,3-4,8-9H2,(H,24,28)(H,25,26). The molecule has 0 fully saturated rings. The third-order valence-electron chi connectivity index (χ3n) is 5.33. The highest BCUT2D eigenvalue weighted by atomic mass is 35.5. The van der Waals surface area contributed by atoms with Crippen molar-refractivity contribution in [2.45, 2.75) is 25.7 Å². The maximum atomic E-state index is 13.2. The number of benzene rings is 1. The highest BCUT2D eigenvalue weighted by Gasteiger charge is 2.24. The quantitative estimate of drug-likeness (QED) is 0.485. The minimum Gasteiger partial charge on any atom is -0.352 e. The molecule has 146 valence electrons. The molecule has 1 aromatic carbocycles. The van der Waals surface area contributed by atoms with Crippen molar-refractivity contribution in [3.8, 4) is 10.6 Å².